The Kier molecular flexibility index (Phi) is 10.8. The molecule has 3 aromatic rings. The Hall–Kier alpha value is -3.81. The van der Waals surface area contributed by atoms with E-state index in [1.807, 2.05) is 48.5 Å². The molecular formula is C27H28Br2N6O5. The van der Waals surface area contributed by atoms with Crippen LogP contribution in [0.3, 0.4) is 0 Å². The van der Waals surface area contributed by atoms with E-state index in [0.29, 0.717) is 16.7 Å². The van der Waals surface area contributed by atoms with Gasteiger partial charge in [0.2, 0.25) is 11.8 Å². The number of nitrogens with two attached hydrogens (primary N) is 3. The summed E-state index contributed by atoms with van der Waals surface area (Å²) in [5.74, 6) is -2.35. The molecule has 2 atom stereocenters. The number of amidine groups is 1. The number of carbonyl (C=O) groups is 2. The first-order valence-electron chi connectivity index (χ1n) is 12.1. The maximum absolute atomic E-state index is 14.4. The van der Waals surface area contributed by atoms with Crippen molar-refractivity contribution in [2.24, 2.45) is 22.3 Å². The van der Waals surface area contributed by atoms with Crippen molar-refractivity contribution in [2.45, 2.75) is 37.4 Å². The van der Waals surface area contributed by atoms with Crippen molar-refractivity contribution in [3.63, 3.8) is 0 Å². The quantitative estimate of drug-likeness (QED) is 0.0975. The Morgan fingerprint density at radius 2 is 1.40 bits per heavy atom. The number of benzene rings is 3. The first-order chi connectivity index (χ1) is 19.0. The second kappa shape index (κ2) is 14.0. The summed E-state index contributed by atoms with van der Waals surface area (Å²) in [6.45, 7) is -0.00994. The first kappa shape index (κ1) is 30.7. The number of nitrogens with zero attached hydrogens (tertiary/aromatic N) is 3. The van der Waals surface area contributed by atoms with E-state index >= 15 is 0 Å². The fourth-order valence-electron chi connectivity index (χ4n) is 4.20. The van der Waals surface area contributed by atoms with Gasteiger partial charge in [-0.1, -0.05) is 68.3 Å². The third-order valence-electron chi connectivity index (χ3n) is 6.26. The number of hydrazone groups is 1. The normalized spacial score (nSPS) is 13.1. The van der Waals surface area contributed by atoms with Crippen LogP contribution >= 0.6 is 31.9 Å². The number of hydrogen-bond acceptors (Lipinski definition) is 6. The highest BCUT2D eigenvalue weighted by Gasteiger charge is 2.35. The summed E-state index contributed by atoms with van der Waals surface area (Å²) >= 11 is 6.84. The Morgan fingerprint density at radius 1 is 0.900 bits per heavy atom. The molecule has 0 radical (unpaired) electrons. The van der Waals surface area contributed by atoms with Gasteiger partial charge >= 0.3 is 0 Å². The highest BCUT2D eigenvalue weighted by Crippen LogP contribution is 2.31. The van der Waals surface area contributed by atoms with Crippen LogP contribution in [0, 0.1) is 10.1 Å². The van der Waals surface area contributed by atoms with Crippen LogP contribution in [-0.4, -0.2) is 44.8 Å². The Labute approximate surface area is 247 Å². The van der Waals surface area contributed by atoms with E-state index in [2.05, 4.69) is 37.0 Å². The second-order valence-corrected chi connectivity index (χ2v) is 10.9. The summed E-state index contributed by atoms with van der Waals surface area (Å²) in [6, 6.07) is 18.6. The van der Waals surface area contributed by atoms with Crippen molar-refractivity contribution in [3.8, 4) is 5.75 Å². The Bertz CT molecular complexity index is 1320. The molecule has 0 saturated carbocycles. The van der Waals surface area contributed by atoms with Crippen molar-refractivity contribution < 1.29 is 19.7 Å². The summed E-state index contributed by atoms with van der Waals surface area (Å²) in [7, 11) is 0. The maximum atomic E-state index is 14.4. The van der Waals surface area contributed by atoms with Crippen molar-refractivity contribution in [1.82, 2.24) is 4.90 Å². The maximum Gasteiger partial charge on any atom is 0.240 e. The van der Waals surface area contributed by atoms with Crippen LogP contribution in [0.5, 0.6) is 5.75 Å². The molecule has 7 N–H and O–H groups in total. The summed E-state index contributed by atoms with van der Waals surface area (Å²) in [4.78, 5) is 39.3. The molecule has 1 unspecified atom stereocenters. The number of phenolic OH excluding ortho intramolecular Hbond substituents is 1. The van der Waals surface area contributed by atoms with E-state index in [4.69, 9.17) is 17.2 Å². The SMILES string of the molecule is NC(=O)[C@H](CCC(N)C(N)=N[N+](=O)[O-])N(Cc1ccc(O)cc1)C(=O)C(c1ccc(Br)cc1)c1ccc(Br)cc1. The van der Waals surface area contributed by atoms with Gasteiger partial charge in [-0.15, -0.1) is 0 Å². The molecule has 0 saturated heterocycles. The Morgan fingerprint density at radius 3 is 1.85 bits per heavy atom. The van der Waals surface area contributed by atoms with Crippen LogP contribution < -0.4 is 17.2 Å². The molecule has 0 aliphatic heterocycles. The minimum atomic E-state index is -1.14. The zero-order valence-corrected chi connectivity index (χ0v) is 24.4. The van der Waals surface area contributed by atoms with Crippen LogP contribution in [0.1, 0.15) is 35.4 Å². The molecule has 0 heterocycles. The van der Waals surface area contributed by atoms with Crippen LogP contribution in [-0.2, 0) is 16.1 Å². The van der Waals surface area contributed by atoms with Crippen LogP contribution in [0.25, 0.3) is 0 Å². The molecule has 3 aromatic carbocycles. The zero-order valence-electron chi connectivity index (χ0n) is 21.2. The molecule has 11 nitrogen and oxygen atoms in total. The van der Waals surface area contributed by atoms with Crippen molar-refractivity contribution in [1.29, 1.82) is 0 Å². The monoisotopic (exact) mass is 674 g/mol. The molecule has 0 aliphatic carbocycles. The number of hydrogen-bond donors (Lipinski definition) is 4. The van der Waals surface area contributed by atoms with E-state index in [-0.39, 0.29) is 25.1 Å². The van der Waals surface area contributed by atoms with Crippen molar-refractivity contribution in [3.05, 3.63) is 109 Å². The molecule has 3 rings (SSSR count). The summed E-state index contributed by atoms with van der Waals surface area (Å²) < 4.78 is 1.66. The average Bonchev–Trinajstić information content (AvgIpc) is 2.90. The molecule has 210 valence electrons. The summed E-state index contributed by atoms with van der Waals surface area (Å²) in [5.41, 5.74) is 19.4. The lowest BCUT2D eigenvalue weighted by atomic mass is 9.89. The lowest BCUT2D eigenvalue weighted by Crippen LogP contribution is -2.50. The topological polar surface area (TPSA) is 191 Å². The van der Waals surface area contributed by atoms with Gasteiger partial charge in [0, 0.05) is 15.5 Å². The van der Waals surface area contributed by atoms with E-state index in [0.717, 1.165) is 8.95 Å². The van der Waals surface area contributed by atoms with Crippen LogP contribution in [0.2, 0.25) is 0 Å². The predicted octanol–water partition coefficient (Wildman–Crippen LogP) is 3.59. The van der Waals surface area contributed by atoms with Crippen LogP contribution in [0.4, 0.5) is 0 Å². The number of carbonyl (C=O) groups excluding carboxylic acids is 2. The number of aromatic hydroxyl groups is 1. The number of amides is 2. The molecule has 0 bridgehead atoms. The fourth-order valence-corrected chi connectivity index (χ4v) is 4.73. The molecule has 0 fully saturated rings. The minimum absolute atomic E-state index is 0.00261. The molecule has 0 aliphatic rings. The first-order valence-corrected chi connectivity index (χ1v) is 13.7. The van der Waals surface area contributed by atoms with E-state index in [1.54, 1.807) is 12.1 Å². The molecule has 40 heavy (non-hydrogen) atoms. The number of nitro groups is 1. The van der Waals surface area contributed by atoms with Gasteiger partial charge in [-0.05, 0) is 65.9 Å². The number of rotatable bonds is 12. The Balaban J connectivity index is 2.06. The van der Waals surface area contributed by atoms with Crippen LogP contribution in [0.15, 0.2) is 86.8 Å². The van der Waals surface area contributed by atoms with Gasteiger partial charge < -0.3 is 27.2 Å². The molecule has 0 aromatic heterocycles. The predicted molar refractivity (Wildman–Crippen MR) is 158 cm³/mol. The summed E-state index contributed by atoms with van der Waals surface area (Å²) in [6.07, 6.45) is -0.0287. The van der Waals surface area contributed by atoms with Gasteiger partial charge in [-0.25, -0.2) is 10.1 Å². The molecule has 2 amide bonds. The van der Waals surface area contributed by atoms with E-state index < -0.39 is 40.7 Å². The standard InChI is InChI=1S/C27H28Br2N6O5/c28-19-7-3-17(4-8-19)24(18-5-9-20(29)10-6-18)27(38)34(15-16-1-11-21(36)12-2-16)23(26(32)37)14-13-22(30)25(31)33-35(39)40/h1-12,22-24,36H,13-15,30H2,(H2,31,33)(H2,32,37)/t22?,23-/m0/s1. The third-order valence-corrected chi connectivity index (χ3v) is 7.32. The minimum Gasteiger partial charge on any atom is -0.508 e. The highest BCUT2D eigenvalue weighted by atomic mass is 79.9. The highest BCUT2D eigenvalue weighted by molar-refractivity contribution is 9.10. The average molecular weight is 676 g/mol. The van der Waals surface area contributed by atoms with Gasteiger partial charge in [0.05, 0.1) is 17.1 Å². The third kappa shape index (κ3) is 8.34. The van der Waals surface area contributed by atoms with Gasteiger partial charge in [-0.2, -0.15) is 0 Å². The lowest BCUT2D eigenvalue weighted by molar-refractivity contribution is -0.485. The number of halogens is 2. The smallest absolute Gasteiger partial charge is 0.240 e. The van der Waals surface area contributed by atoms with E-state index in [9.17, 15) is 24.8 Å². The van der Waals surface area contributed by atoms with E-state index in [1.165, 1.54) is 17.0 Å². The molecular weight excluding hydrogens is 648 g/mol. The second-order valence-electron chi connectivity index (χ2n) is 9.03. The fraction of sp³-hybridized carbons (Fsp3) is 0.222. The number of primary amides is 1. The molecule has 13 heteroatoms. The number of phenols is 1. The summed E-state index contributed by atoms with van der Waals surface area (Å²) in [5, 5.41) is 22.5. The van der Waals surface area contributed by atoms with Gasteiger partial charge in [0.1, 0.15) is 11.8 Å². The molecule has 0 spiro atoms. The largest absolute Gasteiger partial charge is 0.508 e. The lowest BCUT2D eigenvalue weighted by Gasteiger charge is -2.34. The van der Waals surface area contributed by atoms with Gasteiger partial charge in [0.15, 0.2) is 10.9 Å². The van der Waals surface area contributed by atoms with Crippen molar-refractivity contribution in [2.75, 3.05) is 0 Å². The van der Waals surface area contributed by atoms with Gasteiger partial charge in [0.25, 0.3) is 0 Å². The zero-order chi connectivity index (χ0) is 29.4. The van der Waals surface area contributed by atoms with Gasteiger partial charge in [-0.3, -0.25) is 9.59 Å². The van der Waals surface area contributed by atoms with Crippen molar-refractivity contribution >= 4 is 49.5 Å².